The number of alkyl halides is 1. The molecular weight excluding hydrogens is 152 g/mol. The highest BCUT2D eigenvalue weighted by Gasteiger charge is 1.82. The first-order valence-corrected chi connectivity index (χ1v) is 4.73. The number of hydrogen-bond acceptors (Lipinski definition) is 1. The van der Waals surface area contributed by atoms with E-state index in [1.54, 1.807) is 0 Å². The number of halogens is 1. The molecule has 0 saturated heterocycles. The first-order chi connectivity index (χ1) is 4.27. The van der Waals surface area contributed by atoms with Crippen LogP contribution in [0.4, 0.5) is 0 Å². The average molecular weight is 165 g/mol. The predicted octanol–water partition coefficient (Wildman–Crippen LogP) is 2.92. The summed E-state index contributed by atoms with van der Waals surface area (Å²) >= 11 is 7.35. The Morgan fingerprint density at radius 3 is 2.67 bits per heavy atom. The molecule has 0 nitrogen and oxygen atoms in total. The molecule has 0 aliphatic rings. The van der Waals surface area contributed by atoms with Crippen molar-refractivity contribution in [3.8, 4) is 0 Å². The van der Waals surface area contributed by atoms with Gasteiger partial charge < -0.3 is 0 Å². The molecule has 0 aromatic carbocycles. The first kappa shape index (κ1) is 9.38. The Kier molecular flexibility index (Phi) is 6.77. The number of rotatable bonds is 4. The van der Waals surface area contributed by atoms with Gasteiger partial charge in [0.25, 0.3) is 0 Å². The molecule has 0 rings (SSSR count). The van der Waals surface area contributed by atoms with Crippen LogP contribution in [0, 0.1) is 0 Å². The van der Waals surface area contributed by atoms with Gasteiger partial charge in [0.15, 0.2) is 0 Å². The normalized spacial score (nSPS) is 9.22. The summed E-state index contributed by atoms with van der Waals surface area (Å²) in [5, 5.41) is 0. The van der Waals surface area contributed by atoms with Gasteiger partial charge in [0.05, 0.1) is 0 Å². The third kappa shape index (κ3) is 8.38. The van der Waals surface area contributed by atoms with E-state index in [4.69, 9.17) is 11.6 Å². The summed E-state index contributed by atoms with van der Waals surface area (Å²) in [5.74, 6) is 2.93. The molecule has 0 atom stereocenters. The zero-order valence-corrected chi connectivity index (χ0v) is 7.56. The van der Waals surface area contributed by atoms with Crippen LogP contribution < -0.4 is 0 Å². The highest BCUT2D eigenvalue weighted by molar-refractivity contribution is 7.99. The van der Waals surface area contributed by atoms with Crippen LogP contribution >= 0.6 is 23.4 Å². The van der Waals surface area contributed by atoms with E-state index in [-0.39, 0.29) is 0 Å². The Balaban J connectivity index is 3.00. The minimum Gasteiger partial charge on any atom is -0.157 e. The van der Waals surface area contributed by atoms with Gasteiger partial charge in [0.2, 0.25) is 0 Å². The van der Waals surface area contributed by atoms with E-state index in [1.807, 2.05) is 11.8 Å². The van der Waals surface area contributed by atoms with E-state index in [1.165, 1.54) is 5.57 Å². The Labute approximate surface area is 66.7 Å². The smallest absolute Gasteiger partial charge is 0.0314 e. The van der Waals surface area contributed by atoms with Crippen LogP contribution in [0.1, 0.15) is 13.8 Å². The van der Waals surface area contributed by atoms with Crippen molar-refractivity contribution in [2.45, 2.75) is 13.8 Å². The summed E-state index contributed by atoms with van der Waals surface area (Å²) < 4.78 is 0. The molecule has 0 N–H and O–H groups in total. The van der Waals surface area contributed by atoms with Crippen molar-refractivity contribution >= 4 is 23.4 Å². The van der Waals surface area contributed by atoms with Crippen LogP contribution in [0.2, 0.25) is 0 Å². The molecule has 0 radical (unpaired) electrons. The molecule has 9 heavy (non-hydrogen) atoms. The number of thioether (sulfide) groups is 1. The minimum absolute atomic E-state index is 0.765. The van der Waals surface area contributed by atoms with Gasteiger partial charge in [0.1, 0.15) is 0 Å². The van der Waals surface area contributed by atoms with Crippen LogP contribution in [-0.4, -0.2) is 17.4 Å². The Hall–Kier alpha value is 0.380. The van der Waals surface area contributed by atoms with Gasteiger partial charge in [-0.3, -0.25) is 0 Å². The lowest BCUT2D eigenvalue weighted by Gasteiger charge is -1.91. The lowest BCUT2D eigenvalue weighted by molar-refractivity contribution is 1.37. The average Bonchev–Trinajstić information content (AvgIpc) is 1.80. The van der Waals surface area contributed by atoms with E-state index < -0.39 is 0 Å². The summed E-state index contributed by atoms with van der Waals surface area (Å²) in [5.41, 5.74) is 1.39. The molecule has 0 spiro atoms. The fourth-order valence-corrected chi connectivity index (χ4v) is 1.42. The second kappa shape index (κ2) is 6.50. The summed E-state index contributed by atoms with van der Waals surface area (Å²) in [6.45, 7) is 4.22. The Bertz CT molecular complexity index is 84.9. The molecule has 0 aromatic rings. The zero-order valence-electron chi connectivity index (χ0n) is 5.98. The zero-order chi connectivity index (χ0) is 7.11. The van der Waals surface area contributed by atoms with Crippen molar-refractivity contribution in [3.63, 3.8) is 0 Å². The summed E-state index contributed by atoms with van der Waals surface area (Å²) in [7, 11) is 0. The molecule has 2 heteroatoms. The van der Waals surface area contributed by atoms with Gasteiger partial charge in [-0.25, -0.2) is 0 Å². The Morgan fingerprint density at radius 1 is 1.56 bits per heavy atom. The van der Waals surface area contributed by atoms with Gasteiger partial charge in [-0.1, -0.05) is 11.6 Å². The van der Waals surface area contributed by atoms with Crippen LogP contribution in [0.5, 0.6) is 0 Å². The molecule has 0 unspecified atom stereocenters. The maximum Gasteiger partial charge on any atom is 0.0314 e. The molecular formula is C7H13ClS. The van der Waals surface area contributed by atoms with Gasteiger partial charge in [-0.05, 0) is 13.8 Å². The summed E-state index contributed by atoms with van der Waals surface area (Å²) in [4.78, 5) is 0. The summed E-state index contributed by atoms with van der Waals surface area (Å²) in [6, 6.07) is 0. The molecule has 0 amide bonds. The molecule has 0 heterocycles. The van der Waals surface area contributed by atoms with Gasteiger partial charge in [-0.15, -0.1) is 11.6 Å². The second-order valence-corrected chi connectivity index (χ2v) is 3.57. The molecule has 54 valence electrons. The molecule has 0 aliphatic carbocycles. The van der Waals surface area contributed by atoms with Crippen LogP contribution in [0.3, 0.4) is 0 Å². The lowest BCUT2D eigenvalue weighted by atomic mass is 10.3. The van der Waals surface area contributed by atoms with E-state index in [0.29, 0.717) is 0 Å². The number of allylic oxidation sites excluding steroid dienone is 1. The monoisotopic (exact) mass is 164 g/mol. The molecule has 0 aliphatic heterocycles. The molecule has 0 bridgehead atoms. The van der Waals surface area contributed by atoms with E-state index >= 15 is 0 Å². The second-order valence-electron chi connectivity index (χ2n) is 2.05. The van der Waals surface area contributed by atoms with Crippen molar-refractivity contribution in [1.29, 1.82) is 0 Å². The maximum atomic E-state index is 5.48. The van der Waals surface area contributed by atoms with Crippen molar-refractivity contribution in [3.05, 3.63) is 11.6 Å². The fourth-order valence-electron chi connectivity index (χ4n) is 0.363. The van der Waals surface area contributed by atoms with Crippen molar-refractivity contribution < 1.29 is 0 Å². The standard InChI is InChI=1S/C7H13ClS/c1-7(2)3-5-9-6-4-8/h3H,4-6H2,1-2H3. The Morgan fingerprint density at radius 2 is 2.22 bits per heavy atom. The van der Waals surface area contributed by atoms with Crippen molar-refractivity contribution in [1.82, 2.24) is 0 Å². The number of hydrogen-bond donors (Lipinski definition) is 0. The van der Waals surface area contributed by atoms with Crippen molar-refractivity contribution in [2.75, 3.05) is 17.4 Å². The summed E-state index contributed by atoms with van der Waals surface area (Å²) in [6.07, 6.45) is 2.22. The topological polar surface area (TPSA) is 0 Å². The van der Waals surface area contributed by atoms with E-state index in [0.717, 1.165) is 17.4 Å². The van der Waals surface area contributed by atoms with Gasteiger partial charge in [-0.2, -0.15) is 11.8 Å². The van der Waals surface area contributed by atoms with Crippen LogP contribution in [0.15, 0.2) is 11.6 Å². The first-order valence-electron chi connectivity index (χ1n) is 3.04. The highest BCUT2D eigenvalue weighted by Crippen LogP contribution is 2.02. The fraction of sp³-hybridized carbons (Fsp3) is 0.714. The highest BCUT2D eigenvalue weighted by atomic mass is 35.5. The molecule has 0 saturated carbocycles. The van der Waals surface area contributed by atoms with Gasteiger partial charge >= 0.3 is 0 Å². The quantitative estimate of drug-likeness (QED) is 0.350. The van der Waals surface area contributed by atoms with Crippen LogP contribution in [-0.2, 0) is 0 Å². The third-order valence-electron chi connectivity index (χ3n) is 0.831. The minimum atomic E-state index is 0.765. The molecule has 0 fully saturated rings. The molecule has 0 aromatic heterocycles. The third-order valence-corrected chi connectivity index (χ3v) is 2.14. The largest absolute Gasteiger partial charge is 0.157 e. The SMILES string of the molecule is CC(C)=CCSCCCl. The van der Waals surface area contributed by atoms with Crippen molar-refractivity contribution in [2.24, 2.45) is 0 Å². The lowest BCUT2D eigenvalue weighted by Crippen LogP contribution is -1.80. The maximum absolute atomic E-state index is 5.48. The van der Waals surface area contributed by atoms with E-state index in [9.17, 15) is 0 Å². The van der Waals surface area contributed by atoms with E-state index in [2.05, 4.69) is 19.9 Å². The van der Waals surface area contributed by atoms with Gasteiger partial charge in [0, 0.05) is 17.4 Å². The predicted molar refractivity (Wildman–Crippen MR) is 47.5 cm³/mol. The van der Waals surface area contributed by atoms with Crippen LogP contribution in [0.25, 0.3) is 0 Å².